The molecule has 0 aromatic rings. The van der Waals surface area contributed by atoms with Crippen LogP contribution in [0.4, 0.5) is 0 Å². The summed E-state index contributed by atoms with van der Waals surface area (Å²) in [5, 5.41) is 9.17. The van der Waals surface area contributed by atoms with E-state index < -0.39 is 18.0 Å². The van der Waals surface area contributed by atoms with Crippen LogP contribution in [0.1, 0.15) is 52.4 Å². The predicted octanol–water partition coefficient (Wildman–Crippen LogP) is -0.276. The molecular formula is C19H35N5O3. The number of nitrogens with zero attached hydrogens (tertiary/aromatic N) is 1. The number of nitrogens with two attached hydrogens (primary N) is 1. The minimum Gasteiger partial charge on any atom is -0.368 e. The summed E-state index contributed by atoms with van der Waals surface area (Å²) in [6.45, 7) is 4.97. The van der Waals surface area contributed by atoms with E-state index in [2.05, 4.69) is 16.0 Å². The van der Waals surface area contributed by atoms with Gasteiger partial charge in [-0.05, 0) is 45.7 Å². The molecule has 0 aromatic carbocycles. The molecule has 1 aliphatic carbocycles. The summed E-state index contributed by atoms with van der Waals surface area (Å²) in [6, 6.07) is -1.55. The summed E-state index contributed by atoms with van der Waals surface area (Å²) in [5.74, 6) is -0.755. The lowest BCUT2D eigenvalue weighted by molar-refractivity contribution is -0.142. The van der Waals surface area contributed by atoms with Gasteiger partial charge in [-0.15, -0.1) is 0 Å². The molecule has 0 unspecified atom stereocenters. The van der Waals surface area contributed by atoms with E-state index in [0.29, 0.717) is 13.0 Å². The first-order valence-corrected chi connectivity index (χ1v) is 10.2. The summed E-state index contributed by atoms with van der Waals surface area (Å²) in [4.78, 5) is 39.4. The van der Waals surface area contributed by atoms with Gasteiger partial charge in [0.25, 0.3) is 0 Å². The van der Waals surface area contributed by atoms with Crippen molar-refractivity contribution in [2.45, 2.75) is 76.5 Å². The molecule has 1 saturated heterocycles. The number of hydrogen-bond donors (Lipinski definition) is 4. The van der Waals surface area contributed by atoms with Gasteiger partial charge in [0, 0.05) is 12.6 Å². The fourth-order valence-corrected chi connectivity index (χ4v) is 4.22. The second-order valence-corrected chi connectivity index (χ2v) is 7.79. The molecule has 27 heavy (non-hydrogen) atoms. The summed E-state index contributed by atoms with van der Waals surface area (Å²) in [5.41, 5.74) is 5.58. The van der Waals surface area contributed by atoms with Gasteiger partial charge < -0.3 is 26.6 Å². The Labute approximate surface area is 162 Å². The van der Waals surface area contributed by atoms with E-state index in [1.807, 2.05) is 6.92 Å². The van der Waals surface area contributed by atoms with Crippen molar-refractivity contribution in [3.63, 3.8) is 0 Å². The summed E-state index contributed by atoms with van der Waals surface area (Å²) in [7, 11) is 1.71. The molecule has 0 bridgehead atoms. The maximum absolute atomic E-state index is 13.4. The van der Waals surface area contributed by atoms with E-state index in [-0.39, 0.29) is 29.8 Å². The maximum Gasteiger partial charge on any atom is 0.246 e. The van der Waals surface area contributed by atoms with Crippen LogP contribution in [-0.4, -0.2) is 66.9 Å². The first kappa shape index (κ1) is 21.6. The Balaban J connectivity index is 2.20. The highest BCUT2D eigenvalue weighted by atomic mass is 16.2. The third kappa shape index (κ3) is 5.42. The molecule has 0 aromatic heterocycles. The molecular weight excluding hydrogens is 346 g/mol. The monoisotopic (exact) mass is 381 g/mol. The van der Waals surface area contributed by atoms with E-state index in [1.54, 1.807) is 18.9 Å². The topological polar surface area (TPSA) is 117 Å². The molecule has 8 nitrogen and oxygen atoms in total. The molecule has 1 saturated carbocycles. The van der Waals surface area contributed by atoms with Crippen LogP contribution in [0, 0.1) is 5.92 Å². The van der Waals surface area contributed by atoms with Gasteiger partial charge in [-0.1, -0.05) is 26.2 Å². The second-order valence-electron chi connectivity index (χ2n) is 7.79. The first-order chi connectivity index (χ1) is 12.9. The van der Waals surface area contributed by atoms with Crippen LogP contribution in [0.25, 0.3) is 0 Å². The normalized spacial score (nSPS) is 25.8. The summed E-state index contributed by atoms with van der Waals surface area (Å²) < 4.78 is 0. The number of likely N-dealkylation sites (N-methyl/N-ethyl adjacent to an activating group) is 2. The van der Waals surface area contributed by atoms with Crippen molar-refractivity contribution >= 4 is 17.7 Å². The lowest BCUT2D eigenvalue weighted by Gasteiger charge is -2.34. The number of carbonyl (C=O) groups excluding carboxylic acids is 3. The fourth-order valence-electron chi connectivity index (χ4n) is 4.22. The van der Waals surface area contributed by atoms with E-state index in [4.69, 9.17) is 5.73 Å². The predicted molar refractivity (Wildman–Crippen MR) is 104 cm³/mol. The van der Waals surface area contributed by atoms with Gasteiger partial charge in [-0.3, -0.25) is 14.4 Å². The summed E-state index contributed by atoms with van der Waals surface area (Å²) >= 11 is 0. The Morgan fingerprint density at radius 3 is 2.41 bits per heavy atom. The largest absolute Gasteiger partial charge is 0.368 e. The van der Waals surface area contributed by atoms with E-state index in [1.165, 1.54) is 0 Å². The van der Waals surface area contributed by atoms with Crippen molar-refractivity contribution < 1.29 is 14.4 Å². The Bertz CT molecular complexity index is 535. The highest BCUT2D eigenvalue weighted by Gasteiger charge is 2.43. The van der Waals surface area contributed by atoms with Crippen LogP contribution in [0.15, 0.2) is 0 Å². The van der Waals surface area contributed by atoms with Crippen molar-refractivity contribution in [1.29, 1.82) is 0 Å². The SMILES string of the molecule is CCN[C@H]1C[C@@H](C(N)=O)N(C(=O)[C@@H](NC(=O)[C@H](C)NC)C2CCCCC2)C1. The molecule has 2 rings (SSSR count). The molecule has 5 N–H and O–H groups in total. The minimum atomic E-state index is -0.619. The number of nitrogens with one attached hydrogen (secondary N) is 3. The Hall–Kier alpha value is -1.67. The molecule has 1 heterocycles. The number of likely N-dealkylation sites (tertiary alicyclic amines) is 1. The van der Waals surface area contributed by atoms with Crippen LogP contribution in [-0.2, 0) is 14.4 Å². The van der Waals surface area contributed by atoms with Crippen molar-refractivity contribution in [2.75, 3.05) is 20.1 Å². The van der Waals surface area contributed by atoms with Crippen LogP contribution in [0.5, 0.6) is 0 Å². The van der Waals surface area contributed by atoms with Crippen molar-refractivity contribution in [3.8, 4) is 0 Å². The smallest absolute Gasteiger partial charge is 0.246 e. The Morgan fingerprint density at radius 2 is 1.85 bits per heavy atom. The zero-order valence-corrected chi connectivity index (χ0v) is 16.8. The van der Waals surface area contributed by atoms with Crippen LogP contribution in [0.2, 0.25) is 0 Å². The maximum atomic E-state index is 13.4. The number of rotatable bonds is 8. The second kappa shape index (κ2) is 10.0. The molecule has 2 aliphatic rings. The highest BCUT2D eigenvalue weighted by molar-refractivity contribution is 5.93. The van der Waals surface area contributed by atoms with Crippen LogP contribution < -0.4 is 21.7 Å². The average Bonchev–Trinajstić information content (AvgIpc) is 3.10. The van der Waals surface area contributed by atoms with Crippen molar-refractivity contribution in [3.05, 3.63) is 0 Å². The Kier molecular flexibility index (Phi) is 8.04. The molecule has 0 radical (unpaired) electrons. The van der Waals surface area contributed by atoms with Crippen LogP contribution >= 0.6 is 0 Å². The molecule has 154 valence electrons. The van der Waals surface area contributed by atoms with Gasteiger partial charge in [-0.2, -0.15) is 0 Å². The number of carbonyl (C=O) groups is 3. The highest BCUT2D eigenvalue weighted by Crippen LogP contribution is 2.29. The molecule has 0 spiro atoms. The number of amides is 3. The zero-order valence-electron chi connectivity index (χ0n) is 16.8. The third-order valence-corrected chi connectivity index (χ3v) is 5.92. The number of primary amides is 1. The van der Waals surface area contributed by atoms with E-state index in [0.717, 1.165) is 38.6 Å². The number of hydrogen-bond acceptors (Lipinski definition) is 5. The Morgan fingerprint density at radius 1 is 1.19 bits per heavy atom. The first-order valence-electron chi connectivity index (χ1n) is 10.2. The van der Waals surface area contributed by atoms with Gasteiger partial charge in [0.05, 0.1) is 6.04 Å². The van der Waals surface area contributed by atoms with Gasteiger partial charge in [0.15, 0.2) is 0 Å². The molecule has 3 amide bonds. The lowest BCUT2D eigenvalue weighted by atomic mass is 9.83. The molecule has 4 atom stereocenters. The quantitative estimate of drug-likeness (QED) is 0.462. The van der Waals surface area contributed by atoms with Crippen LogP contribution in [0.3, 0.4) is 0 Å². The lowest BCUT2D eigenvalue weighted by Crippen LogP contribution is -2.58. The van der Waals surface area contributed by atoms with Gasteiger partial charge in [0.1, 0.15) is 12.1 Å². The standard InChI is InChI=1S/C19H35N5O3/c1-4-22-14-10-15(17(20)25)24(11-14)19(27)16(13-8-6-5-7-9-13)23-18(26)12(2)21-3/h12-16,21-22H,4-11H2,1-3H3,(H2,20,25)(H,23,26)/t12-,14-,15-,16-/m0/s1. The van der Waals surface area contributed by atoms with E-state index in [9.17, 15) is 14.4 Å². The van der Waals surface area contributed by atoms with Crippen molar-refractivity contribution in [2.24, 2.45) is 11.7 Å². The zero-order chi connectivity index (χ0) is 20.0. The van der Waals surface area contributed by atoms with Gasteiger partial charge in [-0.25, -0.2) is 0 Å². The summed E-state index contributed by atoms with van der Waals surface area (Å²) in [6.07, 6.45) is 5.63. The van der Waals surface area contributed by atoms with Gasteiger partial charge in [0.2, 0.25) is 17.7 Å². The minimum absolute atomic E-state index is 0.0513. The molecule has 1 aliphatic heterocycles. The van der Waals surface area contributed by atoms with Gasteiger partial charge >= 0.3 is 0 Å². The average molecular weight is 382 g/mol. The third-order valence-electron chi connectivity index (χ3n) is 5.92. The molecule has 8 heteroatoms. The van der Waals surface area contributed by atoms with E-state index >= 15 is 0 Å². The molecule has 2 fully saturated rings. The van der Waals surface area contributed by atoms with Crippen molar-refractivity contribution in [1.82, 2.24) is 20.9 Å². The fraction of sp³-hybridized carbons (Fsp3) is 0.842.